The number of allylic oxidation sites excluding steroid dienone is 2. The molecule has 6 rings (SSSR count). The topological polar surface area (TPSA) is 377 Å². The van der Waals surface area contributed by atoms with Crippen LogP contribution in [0.5, 0.6) is 11.5 Å². The van der Waals surface area contributed by atoms with Crippen LogP contribution < -0.4 is 31.0 Å². The highest BCUT2D eigenvalue weighted by Gasteiger charge is 2.37. The molecule has 0 radical (unpaired) electrons. The normalized spacial score (nSPS) is 15.3. The molecule has 2 aliphatic carbocycles. The number of carbonyl (C=O) groups is 4. The van der Waals surface area contributed by atoms with E-state index >= 15 is 0 Å². The van der Waals surface area contributed by atoms with E-state index in [1.54, 1.807) is 0 Å². The van der Waals surface area contributed by atoms with Gasteiger partial charge in [-0.25, -0.2) is 0 Å². The third kappa shape index (κ3) is 10.0. The lowest BCUT2D eigenvalue weighted by Gasteiger charge is -2.20. The number of amides is 2. The molecule has 28 heteroatoms. The van der Waals surface area contributed by atoms with Crippen LogP contribution in [0.15, 0.2) is 90.5 Å². The number of rotatable bonds is 13. The molecule has 346 valence electrons. The first-order valence-corrected chi connectivity index (χ1v) is 23.8. The monoisotopic (exact) mass is 988 g/mol. The molecule has 66 heavy (non-hydrogen) atoms. The van der Waals surface area contributed by atoms with Crippen molar-refractivity contribution in [1.82, 2.24) is 0 Å². The number of nitrogens with zero attached hydrogens (tertiary/aromatic N) is 2. The highest BCUT2D eigenvalue weighted by atomic mass is 32.2. The van der Waals surface area contributed by atoms with Crippen LogP contribution >= 0.6 is 0 Å². The largest absolute Gasteiger partial charge is 0.494 e. The molecule has 0 aliphatic heterocycles. The Balaban J connectivity index is 1.34. The summed E-state index contributed by atoms with van der Waals surface area (Å²) in [6.07, 6.45) is 1.44. The molecule has 0 unspecified atom stereocenters. The summed E-state index contributed by atoms with van der Waals surface area (Å²) in [4.78, 5) is 47.7. The standard InChI is InChI=1S/C38H32N6O18S4/c1-17(45)39-27-15-23(63(49,50)51)9-21-13-31(65(55,56)57)35(37(47)33(21)27)43-41-25-7-5-19(11-29(25)61-3)20-6-8-26(30(12-20)62-4)42-44-36-32(66(58,59)60)14-22-10-24(64(52,53)54)16-28(40-18(2)46)34(22)38(36)48/h5-16,41-42H,1-4H3,(H,39,45)(H,40,46)(H,49,50,51)(H,52,53,54)(H,55,56,57)(H,58,59,60)/b43-35+,44-36+. The maximum Gasteiger partial charge on any atom is 0.296 e. The molecule has 0 spiro atoms. The number of hydrogen-bond donors (Lipinski definition) is 8. The number of fused-ring (bicyclic) bond motifs is 2. The fraction of sp³-hybridized carbons (Fsp3) is 0.105. The number of ether oxygens (including phenoxy) is 2. The first-order valence-electron chi connectivity index (χ1n) is 18.0. The van der Waals surface area contributed by atoms with Gasteiger partial charge in [-0.1, -0.05) is 12.1 Å². The molecule has 0 bridgehead atoms. The highest BCUT2D eigenvalue weighted by Crippen LogP contribution is 2.38. The quantitative estimate of drug-likeness (QED) is 0.0701. The number of methoxy groups -OCH3 is 2. The molecule has 4 aromatic rings. The van der Waals surface area contributed by atoms with Crippen molar-refractivity contribution in [2.24, 2.45) is 10.2 Å². The molecule has 0 fully saturated rings. The van der Waals surface area contributed by atoms with Crippen molar-refractivity contribution >= 4 is 110 Å². The third-order valence-electron chi connectivity index (χ3n) is 9.29. The fourth-order valence-corrected chi connectivity index (χ4v) is 8.93. The first-order chi connectivity index (χ1) is 30.6. The summed E-state index contributed by atoms with van der Waals surface area (Å²) >= 11 is 0. The highest BCUT2D eigenvalue weighted by molar-refractivity contribution is 7.91. The molecule has 8 N–H and O–H groups in total. The van der Waals surface area contributed by atoms with E-state index in [4.69, 9.17) is 9.47 Å². The first kappa shape index (κ1) is 48.3. The van der Waals surface area contributed by atoms with Gasteiger partial charge in [-0.15, -0.1) is 0 Å². The number of hydrogen-bond acceptors (Lipinski definition) is 18. The number of carbonyl (C=O) groups excluding carboxylic acids is 4. The van der Waals surface area contributed by atoms with Crippen LogP contribution in [0.1, 0.15) is 45.7 Å². The lowest BCUT2D eigenvalue weighted by atomic mass is 9.93. The number of benzene rings is 4. The smallest absolute Gasteiger partial charge is 0.296 e. The number of anilines is 4. The van der Waals surface area contributed by atoms with E-state index in [-0.39, 0.29) is 22.9 Å². The Bertz CT molecular complexity index is 3210. The van der Waals surface area contributed by atoms with E-state index in [1.807, 2.05) is 0 Å². The lowest BCUT2D eigenvalue weighted by Crippen LogP contribution is -2.28. The minimum Gasteiger partial charge on any atom is -0.494 e. The maximum atomic E-state index is 13.8. The van der Waals surface area contributed by atoms with Gasteiger partial charge >= 0.3 is 0 Å². The Morgan fingerprint density at radius 1 is 0.515 bits per heavy atom. The van der Waals surface area contributed by atoms with E-state index in [1.165, 1.54) is 50.6 Å². The van der Waals surface area contributed by atoms with Crippen molar-refractivity contribution in [3.8, 4) is 22.6 Å². The van der Waals surface area contributed by atoms with Crippen LogP contribution in [0, 0.1) is 0 Å². The van der Waals surface area contributed by atoms with Gasteiger partial charge in [-0.3, -0.25) is 48.2 Å². The van der Waals surface area contributed by atoms with Crippen LogP contribution in [0.2, 0.25) is 0 Å². The maximum absolute atomic E-state index is 13.8. The molecule has 0 saturated heterocycles. The number of ketones is 2. The van der Waals surface area contributed by atoms with Gasteiger partial charge in [0.15, 0.2) is 11.4 Å². The van der Waals surface area contributed by atoms with Crippen LogP contribution in [0.4, 0.5) is 22.7 Å². The zero-order valence-corrected chi connectivity index (χ0v) is 37.2. The molecule has 0 heterocycles. The molecular formula is C38H32N6O18S4. The van der Waals surface area contributed by atoms with Crippen molar-refractivity contribution in [1.29, 1.82) is 0 Å². The molecule has 0 atom stereocenters. The van der Waals surface area contributed by atoms with Gasteiger partial charge in [0.1, 0.15) is 21.3 Å². The zero-order valence-electron chi connectivity index (χ0n) is 34.0. The predicted molar refractivity (Wildman–Crippen MR) is 236 cm³/mol. The molecular weight excluding hydrogens is 957 g/mol. The van der Waals surface area contributed by atoms with Gasteiger partial charge in [0, 0.05) is 13.8 Å². The second-order valence-electron chi connectivity index (χ2n) is 13.8. The summed E-state index contributed by atoms with van der Waals surface area (Å²) in [5, 5.41) is 12.4. The van der Waals surface area contributed by atoms with E-state index in [9.17, 15) is 71.1 Å². The lowest BCUT2D eigenvalue weighted by molar-refractivity contribution is -0.115. The van der Waals surface area contributed by atoms with Crippen molar-refractivity contribution in [3.05, 3.63) is 92.7 Å². The molecule has 24 nitrogen and oxygen atoms in total. The third-order valence-corrected chi connectivity index (χ3v) is 12.7. The van der Waals surface area contributed by atoms with Gasteiger partial charge in [-0.05, 0) is 82.9 Å². The van der Waals surface area contributed by atoms with Gasteiger partial charge in [0.05, 0.1) is 57.9 Å². The predicted octanol–water partition coefficient (Wildman–Crippen LogP) is 3.57. The average Bonchev–Trinajstić information content (AvgIpc) is 3.20. The molecule has 4 aromatic carbocycles. The second-order valence-corrected chi connectivity index (χ2v) is 19.4. The Morgan fingerprint density at radius 3 is 1.15 bits per heavy atom. The fourth-order valence-electron chi connectivity index (χ4n) is 6.53. The Hall–Kier alpha value is -7.18. The summed E-state index contributed by atoms with van der Waals surface area (Å²) in [7, 11) is -17.8. The summed E-state index contributed by atoms with van der Waals surface area (Å²) in [6, 6.07) is 11.8. The van der Waals surface area contributed by atoms with E-state index in [2.05, 4.69) is 31.7 Å². The molecule has 0 aromatic heterocycles. The second kappa shape index (κ2) is 17.7. The minimum absolute atomic E-state index is 0.0317. The van der Waals surface area contributed by atoms with E-state index in [0.29, 0.717) is 11.1 Å². The number of hydrazone groups is 2. The van der Waals surface area contributed by atoms with Crippen molar-refractivity contribution in [3.63, 3.8) is 0 Å². The van der Waals surface area contributed by atoms with Crippen LogP contribution in [-0.2, 0) is 50.1 Å². The van der Waals surface area contributed by atoms with Gasteiger partial charge in [0.2, 0.25) is 23.4 Å². The Morgan fingerprint density at radius 2 is 0.864 bits per heavy atom. The average molecular weight is 989 g/mol. The summed E-state index contributed by atoms with van der Waals surface area (Å²) in [5.74, 6) is -3.82. The van der Waals surface area contributed by atoms with E-state index in [0.717, 1.165) is 50.3 Å². The molecule has 2 amide bonds. The SMILES string of the molecule is COc1cc(-c2ccc(N/N=C3/C(=O)c4c(cc(S(=O)(=O)O)cc4NC(C)=O)C=C3S(=O)(=O)O)c(OC)c2)ccc1N/N=C1/C(=O)c2c(cc(S(=O)(=O)O)cc2NC(C)=O)C=C1S(=O)(=O)O. The van der Waals surface area contributed by atoms with Gasteiger partial charge < -0.3 is 20.1 Å². The van der Waals surface area contributed by atoms with Crippen LogP contribution in [0.3, 0.4) is 0 Å². The van der Waals surface area contributed by atoms with Crippen molar-refractivity contribution in [2.75, 3.05) is 35.7 Å². The van der Waals surface area contributed by atoms with Gasteiger partial charge in [-0.2, -0.15) is 43.9 Å². The minimum atomic E-state index is -5.24. The number of nitrogens with one attached hydrogen (secondary N) is 4. The zero-order chi connectivity index (χ0) is 48.8. The van der Waals surface area contributed by atoms with Crippen LogP contribution in [0.25, 0.3) is 23.3 Å². The Kier molecular flexibility index (Phi) is 12.9. The summed E-state index contributed by atoms with van der Waals surface area (Å²) in [6.45, 7) is 2.07. The summed E-state index contributed by atoms with van der Waals surface area (Å²) < 4.78 is 148. The molecule has 2 aliphatic rings. The number of Topliss-reactive ketones (excluding diaryl/α,β-unsaturated/α-hetero) is 2. The summed E-state index contributed by atoms with van der Waals surface area (Å²) in [5.41, 5.74) is 1.64. The van der Waals surface area contributed by atoms with Crippen LogP contribution in [-0.4, -0.2) is 101 Å². The Labute approximate surface area is 374 Å². The van der Waals surface area contributed by atoms with Gasteiger partial charge in [0.25, 0.3) is 40.5 Å². The van der Waals surface area contributed by atoms with E-state index < -0.39 is 129 Å². The molecule has 0 saturated carbocycles. The van der Waals surface area contributed by atoms with Crippen molar-refractivity contribution < 1.29 is 80.5 Å². The van der Waals surface area contributed by atoms with Crippen molar-refractivity contribution in [2.45, 2.75) is 23.6 Å².